The van der Waals surface area contributed by atoms with Gasteiger partial charge in [0.25, 0.3) is 0 Å². The molecule has 1 spiro atoms. The van der Waals surface area contributed by atoms with Crippen molar-refractivity contribution >= 4 is 11.7 Å². The fourth-order valence-electron chi connectivity index (χ4n) is 3.48. The number of hydrogen-bond donors (Lipinski definition) is 2. The molecule has 1 unspecified atom stereocenters. The van der Waals surface area contributed by atoms with E-state index in [-0.39, 0.29) is 17.4 Å². The summed E-state index contributed by atoms with van der Waals surface area (Å²) in [7, 11) is 0. The van der Waals surface area contributed by atoms with Gasteiger partial charge < -0.3 is 20.1 Å². The van der Waals surface area contributed by atoms with Crippen molar-refractivity contribution in [1.82, 2.24) is 10.3 Å². The number of hydrogen-bond acceptors (Lipinski definition) is 5. The van der Waals surface area contributed by atoms with Crippen molar-refractivity contribution in [3.8, 4) is 0 Å². The van der Waals surface area contributed by atoms with Crippen LogP contribution in [-0.4, -0.2) is 42.8 Å². The summed E-state index contributed by atoms with van der Waals surface area (Å²) in [5, 5.41) is 6.36. The highest BCUT2D eigenvalue weighted by molar-refractivity contribution is 5.95. The molecule has 122 valence electrons. The van der Waals surface area contributed by atoms with Crippen LogP contribution in [0.15, 0.2) is 30.5 Å². The molecule has 1 amide bonds. The van der Waals surface area contributed by atoms with Gasteiger partial charge in [0.1, 0.15) is 5.82 Å². The first-order valence-corrected chi connectivity index (χ1v) is 8.08. The van der Waals surface area contributed by atoms with Crippen molar-refractivity contribution in [3.63, 3.8) is 0 Å². The lowest BCUT2D eigenvalue weighted by Gasteiger charge is -2.17. The predicted molar refractivity (Wildman–Crippen MR) is 84.9 cm³/mol. The molecular formula is C17H21N3O3. The van der Waals surface area contributed by atoms with Crippen molar-refractivity contribution in [3.05, 3.63) is 36.0 Å². The summed E-state index contributed by atoms with van der Waals surface area (Å²) in [4.78, 5) is 16.8. The molecule has 3 heterocycles. The Kier molecular flexibility index (Phi) is 3.88. The smallest absolute Gasteiger partial charge is 0.242 e. The maximum atomic E-state index is 12.5. The van der Waals surface area contributed by atoms with Crippen molar-refractivity contribution in [1.29, 1.82) is 0 Å². The van der Waals surface area contributed by atoms with Gasteiger partial charge in [-0.05, 0) is 18.9 Å². The van der Waals surface area contributed by atoms with E-state index in [1.165, 1.54) is 0 Å². The predicted octanol–water partition coefficient (Wildman–Crippen LogP) is 1.24. The number of rotatable bonds is 0. The summed E-state index contributed by atoms with van der Waals surface area (Å²) in [6.45, 7) is 2.23. The molecule has 1 saturated carbocycles. The van der Waals surface area contributed by atoms with Gasteiger partial charge in [-0.3, -0.25) is 4.79 Å². The largest absolute Gasteiger partial charge is 0.377 e. The zero-order valence-corrected chi connectivity index (χ0v) is 13.0. The summed E-state index contributed by atoms with van der Waals surface area (Å²) in [6, 6.07) is 4.01. The highest BCUT2D eigenvalue weighted by atomic mass is 16.5. The first-order chi connectivity index (χ1) is 11.3. The van der Waals surface area contributed by atoms with Crippen molar-refractivity contribution in [2.45, 2.75) is 31.5 Å². The Morgan fingerprint density at radius 3 is 3.00 bits per heavy atom. The van der Waals surface area contributed by atoms with Crippen molar-refractivity contribution in [2.75, 3.05) is 25.1 Å². The van der Waals surface area contributed by atoms with Crippen LogP contribution in [0.4, 0.5) is 5.82 Å². The summed E-state index contributed by atoms with van der Waals surface area (Å²) >= 11 is 0. The molecule has 4 rings (SSSR count). The molecule has 1 aliphatic carbocycles. The number of fused-ring (bicyclic) bond motifs is 2. The summed E-state index contributed by atoms with van der Waals surface area (Å²) < 4.78 is 11.4. The lowest BCUT2D eigenvalue weighted by molar-refractivity contribution is -0.118. The second kappa shape index (κ2) is 6.03. The molecule has 1 saturated heterocycles. The van der Waals surface area contributed by atoms with Gasteiger partial charge in [0, 0.05) is 23.2 Å². The molecule has 6 heteroatoms. The number of piperidine rings is 1. The van der Waals surface area contributed by atoms with Gasteiger partial charge in [0.2, 0.25) is 5.91 Å². The molecule has 1 aromatic heterocycles. The molecule has 3 aliphatic rings. The number of pyridine rings is 1. The third-order valence-corrected chi connectivity index (χ3v) is 4.89. The van der Waals surface area contributed by atoms with Crippen LogP contribution in [0.2, 0.25) is 0 Å². The lowest BCUT2D eigenvalue weighted by Crippen LogP contribution is -2.38. The third-order valence-electron chi connectivity index (χ3n) is 4.89. The molecule has 3 atom stereocenters. The Hall–Kier alpha value is -1.76. The lowest BCUT2D eigenvalue weighted by atomic mass is 10.0. The van der Waals surface area contributed by atoms with Gasteiger partial charge >= 0.3 is 0 Å². The van der Waals surface area contributed by atoms with Crippen LogP contribution in [0.5, 0.6) is 0 Å². The van der Waals surface area contributed by atoms with Gasteiger partial charge in [0.15, 0.2) is 0 Å². The first kappa shape index (κ1) is 14.8. The number of amides is 1. The monoisotopic (exact) mass is 315 g/mol. The molecule has 0 aromatic carbocycles. The van der Waals surface area contributed by atoms with Crippen LogP contribution in [0, 0.1) is 5.41 Å². The maximum Gasteiger partial charge on any atom is 0.242 e. The van der Waals surface area contributed by atoms with Gasteiger partial charge in [-0.25, -0.2) is 4.98 Å². The zero-order chi connectivity index (χ0) is 15.7. The van der Waals surface area contributed by atoms with Crippen LogP contribution in [0.25, 0.3) is 0 Å². The van der Waals surface area contributed by atoms with Crippen LogP contribution in [0.1, 0.15) is 18.4 Å². The Bertz CT molecular complexity index is 633. The quantitative estimate of drug-likeness (QED) is 0.705. The molecule has 0 radical (unpaired) electrons. The molecular weight excluding hydrogens is 294 g/mol. The average Bonchev–Trinajstić information content (AvgIpc) is 3.11. The first-order valence-electron chi connectivity index (χ1n) is 8.08. The Morgan fingerprint density at radius 1 is 1.22 bits per heavy atom. The average molecular weight is 315 g/mol. The third kappa shape index (κ3) is 3.02. The summed E-state index contributed by atoms with van der Waals surface area (Å²) in [5.74, 6) is 0.563. The van der Waals surface area contributed by atoms with E-state index in [1.807, 2.05) is 24.3 Å². The van der Waals surface area contributed by atoms with Gasteiger partial charge in [-0.2, -0.15) is 0 Å². The Balaban J connectivity index is 1.53. The normalized spacial score (nSPS) is 35.2. The number of anilines is 1. The fourth-order valence-corrected chi connectivity index (χ4v) is 3.48. The highest BCUT2D eigenvalue weighted by Crippen LogP contribution is 2.54. The van der Waals surface area contributed by atoms with E-state index < -0.39 is 0 Å². The fraction of sp³-hybridized carbons (Fsp3) is 0.529. The van der Waals surface area contributed by atoms with E-state index in [1.54, 1.807) is 6.20 Å². The van der Waals surface area contributed by atoms with Crippen molar-refractivity contribution in [2.24, 2.45) is 5.41 Å². The van der Waals surface area contributed by atoms with E-state index in [2.05, 4.69) is 15.6 Å². The number of carbonyl (C=O) groups excluding carboxylic acids is 1. The number of nitrogens with zero attached hydrogens (tertiary/aromatic N) is 1. The minimum absolute atomic E-state index is 0.0236. The minimum atomic E-state index is -0.172. The van der Waals surface area contributed by atoms with E-state index in [0.29, 0.717) is 38.3 Å². The zero-order valence-electron chi connectivity index (χ0n) is 13.0. The van der Waals surface area contributed by atoms with E-state index in [4.69, 9.17) is 9.47 Å². The maximum absolute atomic E-state index is 12.5. The molecule has 6 nitrogen and oxygen atoms in total. The summed E-state index contributed by atoms with van der Waals surface area (Å²) in [5.41, 5.74) is 1.03. The second-order valence-corrected chi connectivity index (χ2v) is 6.54. The second-order valence-electron chi connectivity index (χ2n) is 6.54. The molecule has 2 N–H and O–H groups in total. The standard InChI is InChI=1S/C17H21N3O3/c21-16-13-8-17(9-14(17)19-13)11-23-7-2-1-6-22-10-12-4-3-5-18-15(12)20-16/h1-5,13-14,19H,6-11H2,(H,18,20,21)/b2-1+/t13-,14?,17-/m0/s1. The Morgan fingerprint density at radius 2 is 2.09 bits per heavy atom. The van der Waals surface area contributed by atoms with Crippen LogP contribution < -0.4 is 10.6 Å². The molecule has 1 aromatic rings. The molecule has 23 heavy (non-hydrogen) atoms. The van der Waals surface area contributed by atoms with E-state index in [0.717, 1.165) is 18.4 Å². The number of aromatic nitrogens is 1. The van der Waals surface area contributed by atoms with Gasteiger partial charge in [-0.1, -0.05) is 18.2 Å². The molecule has 2 bridgehead atoms. The highest BCUT2D eigenvalue weighted by Gasteiger charge is 2.61. The summed E-state index contributed by atoms with van der Waals surface area (Å²) in [6.07, 6.45) is 7.56. The van der Waals surface area contributed by atoms with Crippen molar-refractivity contribution < 1.29 is 14.3 Å². The van der Waals surface area contributed by atoms with E-state index in [9.17, 15) is 4.79 Å². The SMILES string of the molecule is O=C1Nc2ncccc2COC/C=C/COC[C@]23CC2N[C@H]1C3. The van der Waals surface area contributed by atoms with Crippen LogP contribution >= 0.6 is 0 Å². The van der Waals surface area contributed by atoms with Gasteiger partial charge in [0.05, 0.1) is 32.5 Å². The van der Waals surface area contributed by atoms with Gasteiger partial charge in [-0.15, -0.1) is 0 Å². The minimum Gasteiger partial charge on any atom is -0.377 e. The molecule has 2 aliphatic heterocycles. The number of carbonyl (C=O) groups is 1. The molecule has 2 fully saturated rings. The Labute approximate surface area is 135 Å². The van der Waals surface area contributed by atoms with E-state index >= 15 is 0 Å². The van der Waals surface area contributed by atoms with Crippen LogP contribution in [0.3, 0.4) is 0 Å². The topological polar surface area (TPSA) is 72.5 Å². The number of ether oxygens (including phenoxy) is 2. The number of nitrogens with one attached hydrogen (secondary N) is 2. The van der Waals surface area contributed by atoms with Crippen LogP contribution in [-0.2, 0) is 20.9 Å².